The van der Waals surface area contributed by atoms with Crippen molar-refractivity contribution in [2.75, 3.05) is 5.73 Å². The zero-order chi connectivity index (χ0) is 13.1. The van der Waals surface area contributed by atoms with E-state index in [0.29, 0.717) is 13.3 Å². The van der Waals surface area contributed by atoms with Crippen molar-refractivity contribution in [3.63, 3.8) is 0 Å². The van der Waals surface area contributed by atoms with E-state index in [1.807, 2.05) is 42.6 Å². The molecule has 0 aliphatic heterocycles. The van der Waals surface area contributed by atoms with Gasteiger partial charge in [0, 0.05) is 17.3 Å². The van der Waals surface area contributed by atoms with Gasteiger partial charge in [0.1, 0.15) is 6.73 Å². The first-order valence-corrected chi connectivity index (χ1v) is 6.29. The van der Waals surface area contributed by atoms with Crippen molar-refractivity contribution in [3.05, 3.63) is 66.4 Å². The van der Waals surface area contributed by atoms with Gasteiger partial charge in [0.25, 0.3) is 0 Å². The second-order valence-corrected chi connectivity index (χ2v) is 4.53. The fourth-order valence-corrected chi connectivity index (χ4v) is 2.20. The van der Waals surface area contributed by atoms with E-state index in [9.17, 15) is 0 Å². The molecule has 0 spiro atoms. The van der Waals surface area contributed by atoms with Gasteiger partial charge in [0.2, 0.25) is 0 Å². The van der Waals surface area contributed by atoms with Crippen LogP contribution in [0.25, 0.3) is 10.9 Å². The molecule has 0 atom stereocenters. The van der Waals surface area contributed by atoms with Crippen molar-refractivity contribution < 1.29 is 4.74 Å². The summed E-state index contributed by atoms with van der Waals surface area (Å²) in [4.78, 5) is 0. The molecule has 0 aliphatic carbocycles. The van der Waals surface area contributed by atoms with Crippen molar-refractivity contribution in [1.82, 2.24) is 4.57 Å². The highest BCUT2D eigenvalue weighted by Crippen LogP contribution is 2.21. The first-order valence-electron chi connectivity index (χ1n) is 6.29. The summed E-state index contributed by atoms with van der Waals surface area (Å²) in [6, 6.07) is 18.1. The van der Waals surface area contributed by atoms with Crippen molar-refractivity contribution in [2.24, 2.45) is 0 Å². The summed E-state index contributed by atoms with van der Waals surface area (Å²) in [5, 5.41) is 1.07. The lowest BCUT2D eigenvalue weighted by Crippen LogP contribution is -2.01. The monoisotopic (exact) mass is 252 g/mol. The van der Waals surface area contributed by atoms with E-state index in [2.05, 4.69) is 22.8 Å². The Morgan fingerprint density at radius 3 is 2.63 bits per heavy atom. The van der Waals surface area contributed by atoms with Crippen LogP contribution in [-0.2, 0) is 18.1 Å². The Morgan fingerprint density at radius 2 is 1.79 bits per heavy atom. The van der Waals surface area contributed by atoms with E-state index in [0.717, 1.165) is 16.6 Å². The Bertz CT molecular complexity index is 674. The van der Waals surface area contributed by atoms with Gasteiger partial charge in [-0.3, -0.25) is 0 Å². The molecule has 0 fully saturated rings. The SMILES string of the molecule is Nc1cccc2c1ccn2COCc1ccccc1. The van der Waals surface area contributed by atoms with Crippen LogP contribution in [0.4, 0.5) is 5.69 Å². The third-order valence-corrected chi connectivity index (χ3v) is 3.19. The first-order chi connectivity index (χ1) is 9.34. The van der Waals surface area contributed by atoms with E-state index < -0.39 is 0 Å². The molecule has 2 N–H and O–H groups in total. The number of fused-ring (bicyclic) bond motifs is 1. The van der Waals surface area contributed by atoms with Crippen LogP contribution in [0.15, 0.2) is 60.8 Å². The van der Waals surface area contributed by atoms with Gasteiger partial charge in [-0.2, -0.15) is 0 Å². The number of aromatic nitrogens is 1. The summed E-state index contributed by atoms with van der Waals surface area (Å²) < 4.78 is 7.80. The lowest BCUT2D eigenvalue weighted by atomic mass is 10.2. The largest absolute Gasteiger partial charge is 0.398 e. The molecule has 3 heteroatoms. The summed E-state index contributed by atoms with van der Waals surface area (Å²) in [5.74, 6) is 0. The summed E-state index contributed by atoms with van der Waals surface area (Å²) >= 11 is 0. The molecule has 2 aromatic carbocycles. The molecule has 3 nitrogen and oxygen atoms in total. The van der Waals surface area contributed by atoms with Crippen molar-refractivity contribution >= 4 is 16.6 Å². The molecule has 19 heavy (non-hydrogen) atoms. The summed E-state index contributed by atoms with van der Waals surface area (Å²) in [6.45, 7) is 1.14. The third kappa shape index (κ3) is 2.46. The quantitative estimate of drug-likeness (QED) is 0.723. The molecule has 0 saturated heterocycles. The number of rotatable bonds is 4. The van der Waals surface area contributed by atoms with E-state index in [1.54, 1.807) is 0 Å². The van der Waals surface area contributed by atoms with Gasteiger partial charge in [0.15, 0.2) is 0 Å². The number of nitrogens with two attached hydrogens (primary N) is 1. The number of anilines is 1. The van der Waals surface area contributed by atoms with Crippen molar-refractivity contribution in [2.45, 2.75) is 13.3 Å². The summed E-state index contributed by atoms with van der Waals surface area (Å²) in [7, 11) is 0. The van der Waals surface area contributed by atoms with Crippen molar-refractivity contribution in [3.8, 4) is 0 Å². The molecule has 0 unspecified atom stereocenters. The Labute approximate surface area is 112 Å². The molecule has 0 amide bonds. The Balaban J connectivity index is 1.71. The lowest BCUT2D eigenvalue weighted by molar-refractivity contribution is 0.0668. The van der Waals surface area contributed by atoms with E-state index in [1.165, 1.54) is 5.56 Å². The maximum absolute atomic E-state index is 5.94. The number of hydrogen-bond acceptors (Lipinski definition) is 2. The molecular weight excluding hydrogens is 236 g/mol. The molecule has 0 bridgehead atoms. The molecule has 96 valence electrons. The van der Waals surface area contributed by atoms with Crippen LogP contribution in [-0.4, -0.2) is 4.57 Å². The molecular formula is C16H16N2O. The maximum Gasteiger partial charge on any atom is 0.123 e. The predicted molar refractivity (Wildman–Crippen MR) is 77.6 cm³/mol. The zero-order valence-corrected chi connectivity index (χ0v) is 10.6. The first kappa shape index (κ1) is 11.8. The number of hydrogen-bond donors (Lipinski definition) is 1. The minimum Gasteiger partial charge on any atom is -0.398 e. The normalized spacial score (nSPS) is 10.9. The summed E-state index contributed by atoms with van der Waals surface area (Å²) in [6.07, 6.45) is 2.01. The number of nitrogens with zero attached hydrogens (tertiary/aromatic N) is 1. The van der Waals surface area contributed by atoms with Gasteiger partial charge in [-0.15, -0.1) is 0 Å². The van der Waals surface area contributed by atoms with Crippen molar-refractivity contribution in [1.29, 1.82) is 0 Å². The average molecular weight is 252 g/mol. The fourth-order valence-electron chi connectivity index (χ4n) is 2.20. The standard InChI is InChI=1S/C16H16N2O/c17-15-7-4-8-16-14(15)9-10-18(16)12-19-11-13-5-2-1-3-6-13/h1-10H,11-12,17H2. The Hall–Kier alpha value is -2.26. The molecule has 3 rings (SSSR count). The van der Waals surface area contributed by atoms with Crippen LogP contribution in [0.3, 0.4) is 0 Å². The molecule has 0 saturated carbocycles. The maximum atomic E-state index is 5.94. The highest BCUT2D eigenvalue weighted by Gasteiger charge is 2.03. The zero-order valence-electron chi connectivity index (χ0n) is 10.6. The fraction of sp³-hybridized carbons (Fsp3) is 0.125. The highest BCUT2D eigenvalue weighted by atomic mass is 16.5. The second kappa shape index (κ2) is 5.16. The number of ether oxygens (including phenoxy) is 1. The van der Waals surface area contributed by atoms with Gasteiger partial charge in [-0.1, -0.05) is 36.4 Å². The Morgan fingerprint density at radius 1 is 0.947 bits per heavy atom. The molecule has 0 aliphatic rings. The highest BCUT2D eigenvalue weighted by molar-refractivity contribution is 5.91. The van der Waals surface area contributed by atoms with Crippen LogP contribution in [0, 0.1) is 0 Å². The van der Waals surface area contributed by atoms with Crippen LogP contribution < -0.4 is 5.73 Å². The molecule has 3 aromatic rings. The third-order valence-electron chi connectivity index (χ3n) is 3.19. The van der Waals surface area contributed by atoms with Crippen LogP contribution >= 0.6 is 0 Å². The van der Waals surface area contributed by atoms with Gasteiger partial charge < -0.3 is 15.0 Å². The van der Waals surface area contributed by atoms with Crippen LogP contribution in [0.5, 0.6) is 0 Å². The van der Waals surface area contributed by atoms with Gasteiger partial charge >= 0.3 is 0 Å². The topological polar surface area (TPSA) is 40.2 Å². The van der Waals surface area contributed by atoms with Crippen LogP contribution in [0.1, 0.15) is 5.56 Å². The van der Waals surface area contributed by atoms with E-state index >= 15 is 0 Å². The van der Waals surface area contributed by atoms with E-state index in [-0.39, 0.29) is 0 Å². The predicted octanol–water partition coefficient (Wildman–Crippen LogP) is 3.40. The second-order valence-electron chi connectivity index (χ2n) is 4.53. The van der Waals surface area contributed by atoms with Gasteiger partial charge in [-0.25, -0.2) is 0 Å². The molecule has 1 heterocycles. The Kier molecular flexibility index (Phi) is 3.21. The van der Waals surface area contributed by atoms with Crippen LogP contribution in [0.2, 0.25) is 0 Å². The average Bonchev–Trinajstić information content (AvgIpc) is 2.85. The van der Waals surface area contributed by atoms with Gasteiger partial charge in [-0.05, 0) is 23.8 Å². The minimum absolute atomic E-state index is 0.530. The minimum atomic E-state index is 0.530. The number of nitrogen functional groups attached to an aromatic ring is 1. The molecule has 0 radical (unpaired) electrons. The number of benzene rings is 2. The lowest BCUT2D eigenvalue weighted by Gasteiger charge is -2.07. The smallest absolute Gasteiger partial charge is 0.123 e. The summed E-state index contributed by atoms with van der Waals surface area (Å²) in [5.41, 5.74) is 9.02. The van der Waals surface area contributed by atoms with E-state index in [4.69, 9.17) is 10.5 Å². The molecule has 1 aromatic heterocycles. The van der Waals surface area contributed by atoms with Gasteiger partial charge in [0.05, 0.1) is 12.1 Å².